The van der Waals surface area contributed by atoms with Crippen molar-refractivity contribution in [2.24, 2.45) is 11.7 Å². The molecule has 1 saturated heterocycles. The number of carbonyl (C=O) groups is 3. The first kappa shape index (κ1) is 33.5. The lowest BCUT2D eigenvalue weighted by Gasteiger charge is -2.48. The van der Waals surface area contributed by atoms with E-state index in [1.807, 2.05) is 0 Å². The van der Waals surface area contributed by atoms with E-state index in [0.29, 0.717) is 0 Å². The maximum Gasteiger partial charge on any atom is 0.341 e. The molecule has 14 heteroatoms. The smallest absolute Gasteiger partial charge is 0.341 e. The van der Waals surface area contributed by atoms with Gasteiger partial charge in [0.1, 0.15) is 17.4 Å². The molecule has 0 saturated carbocycles. The van der Waals surface area contributed by atoms with Crippen LogP contribution in [0.1, 0.15) is 31.9 Å². The number of carboxylic acid groups (broad SMARTS) is 1. The number of rotatable bonds is 12. The first-order valence-corrected chi connectivity index (χ1v) is 15.2. The van der Waals surface area contributed by atoms with Crippen LogP contribution in [-0.4, -0.2) is 60.7 Å². The molecule has 240 valence electrons. The van der Waals surface area contributed by atoms with E-state index >= 15 is 0 Å². The summed E-state index contributed by atoms with van der Waals surface area (Å²) in [6.45, 7) is 3.68. The SMILES string of the molecule is CC(OC(=O)C(C)C)OC(=O)C(N)(Cc1cccc(S(=O)(=O)N2CC(Oc3cccc(F)c3)(c3ccccc3F)C2)c1)C(=O)O. The molecule has 3 N–H and O–H groups in total. The van der Waals surface area contributed by atoms with E-state index in [0.717, 1.165) is 16.4 Å². The van der Waals surface area contributed by atoms with Gasteiger partial charge >= 0.3 is 17.9 Å². The standard InChI is InChI=1S/C31H32F2N2O9S/c1-19(2)27(36)42-20(3)43-29(39)31(34,28(37)38)16-21-8-6-11-24(14-21)45(40,41)35-17-30(18-35,25-12-4-5-13-26(25)33)44-23-10-7-9-22(32)15-23/h4-15,19-20H,16-18,34H2,1-3H3,(H,37,38). The molecule has 1 aliphatic rings. The van der Waals surface area contributed by atoms with Crippen molar-refractivity contribution in [3.8, 4) is 5.75 Å². The first-order valence-electron chi connectivity index (χ1n) is 13.8. The predicted molar refractivity (Wildman–Crippen MR) is 155 cm³/mol. The maximum atomic E-state index is 14.9. The fraction of sp³-hybridized carbons (Fsp3) is 0.323. The minimum Gasteiger partial charge on any atom is -0.480 e. The van der Waals surface area contributed by atoms with Crippen LogP contribution < -0.4 is 10.5 Å². The second-order valence-corrected chi connectivity index (χ2v) is 12.9. The number of nitrogens with zero attached hydrogens (tertiary/aromatic N) is 1. The van der Waals surface area contributed by atoms with Crippen molar-refractivity contribution in [1.82, 2.24) is 4.31 Å². The fourth-order valence-electron chi connectivity index (χ4n) is 4.67. The molecule has 1 fully saturated rings. The number of nitrogens with two attached hydrogens (primary N) is 1. The van der Waals surface area contributed by atoms with Crippen LogP contribution in [0.25, 0.3) is 0 Å². The summed E-state index contributed by atoms with van der Waals surface area (Å²) >= 11 is 0. The largest absolute Gasteiger partial charge is 0.480 e. The molecular weight excluding hydrogens is 614 g/mol. The van der Waals surface area contributed by atoms with Crippen LogP contribution in [0.5, 0.6) is 5.75 Å². The molecule has 1 heterocycles. The van der Waals surface area contributed by atoms with Crippen molar-refractivity contribution in [3.05, 3.63) is 95.6 Å². The molecule has 0 aromatic heterocycles. The Kier molecular flexibility index (Phi) is 9.61. The average Bonchev–Trinajstić information content (AvgIpc) is 2.95. The Morgan fingerprint density at radius 2 is 1.64 bits per heavy atom. The quantitative estimate of drug-likeness (QED) is 0.170. The molecule has 0 bridgehead atoms. The molecule has 3 aromatic carbocycles. The molecule has 0 spiro atoms. The minimum atomic E-state index is -4.26. The molecule has 2 unspecified atom stereocenters. The van der Waals surface area contributed by atoms with Gasteiger partial charge in [0.2, 0.25) is 21.9 Å². The number of carbonyl (C=O) groups excluding carboxylic acids is 2. The predicted octanol–water partition coefficient (Wildman–Crippen LogP) is 3.36. The van der Waals surface area contributed by atoms with Crippen LogP contribution in [0.15, 0.2) is 77.7 Å². The third-order valence-electron chi connectivity index (χ3n) is 7.13. The Balaban J connectivity index is 1.56. The average molecular weight is 647 g/mol. The number of halogens is 2. The van der Waals surface area contributed by atoms with Gasteiger partial charge in [-0.1, -0.05) is 50.2 Å². The molecule has 0 amide bonds. The van der Waals surface area contributed by atoms with Crippen LogP contribution in [0.3, 0.4) is 0 Å². The topological polar surface area (TPSA) is 163 Å². The lowest BCUT2D eigenvalue weighted by atomic mass is 9.87. The van der Waals surface area contributed by atoms with Gasteiger partial charge in [-0.05, 0) is 35.9 Å². The lowest BCUT2D eigenvalue weighted by Crippen LogP contribution is -2.64. The van der Waals surface area contributed by atoms with E-state index in [-0.39, 0.29) is 34.9 Å². The van der Waals surface area contributed by atoms with Crippen molar-refractivity contribution < 1.29 is 50.9 Å². The van der Waals surface area contributed by atoms with E-state index in [1.165, 1.54) is 61.5 Å². The van der Waals surface area contributed by atoms with Crippen LogP contribution in [0.2, 0.25) is 0 Å². The highest BCUT2D eigenvalue weighted by molar-refractivity contribution is 7.89. The monoisotopic (exact) mass is 646 g/mol. The van der Waals surface area contributed by atoms with Crippen LogP contribution in [0.4, 0.5) is 8.78 Å². The molecule has 45 heavy (non-hydrogen) atoms. The molecule has 3 aromatic rings. The zero-order valence-corrected chi connectivity index (χ0v) is 25.4. The summed E-state index contributed by atoms with van der Waals surface area (Å²) in [7, 11) is -4.26. The Hall–Kier alpha value is -4.40. The second-order valence-electron chi connectivity index (χ2n) is 11.0. The van der Waals surface area contributed by atoms with Crippen molar-refractivity contribution in [2.45, 2.75) is 49.5 Å². The fourth-order valence-corrected chi connectivity index (χ4v) is 6.28. The Labute approximate surface area is 258 Å². The van der Waals surface area contributed by atoms with Gasteiger partial charge in [0.15, 0.2) is 5.60 Å². The number of carboxylic acids is 1. The van der Waals surface area contributed by atoms with Crippen LogP contribution in [0, 0.1) is 17.6 Å². The van der Waals surface area contributed by atoms with Gasteiger partial charge in [-0.2, -0.15) is 4.31 Å². The van der Waals surface area contributed by atoms with Gasteiger partial charge in [-0.15, -0.1) is 0 Å². The van der Waals surface area contributed by atoms with Crippen molar-refractivity contribution in [2.75, 3.05) is 13.1 Å². The molecular formula is C31H32F2N2O9S. The van der Waals surface area contributed by atoms with Gasteiger partial charge in [0, 0.05) is 25.0 Å². The van der Waals surface area contributed by atoms with Gasteiger partial charge in [0.05, 0.1) is 23.9 Å². The van der Waals surface area contributed by atoms with Gasteiger partial charge in [-0.25, -0.2) is 26.8 Å². The molecule has 0 radical (unpaired) electrons. The van der Waals surface area contributed by atoms with E-state index in [4.69, 9.17) is 19.9 Å². The van der Waals surface area contributed by atoms with Crippen molar-refractivity contribution >= 4 is 27.9 Å². The lowest BCUT2D eigenvalue weighted by molar-refractivity contribution is -0.192. The van der Waals surface area contributed by atoms with Crippen LogP contribution >= 0.6 is 0 Å². The van der Waals surface area contributed by atoms with E-state index in [1.54, 1.807) is 19.9 Å². The third-order valence-corrected chi connectivity index (χ3v) is 8.92. The summed E-state index contributed by atoms with van der Waals surface area (Å²) < 4.78 is 73.0. The Morgan fingerprint density at radius 3 is 2.27 bits per heavy atom. The summed E-state index contributed by atoms with van der Waals surface area (Å²) in [4.78, 5) is 36.5. The van der Waals surface area contributed by atoms with Gasteiger partial charge in [0.25, 0.3) is 0 Å². The first-order chi connectivity index (χ1) is 21.1. The minimum absolute atomic E-state index is 0.0710. The summed E-state index contributed by atoms with van der Waals surface area (Å²) in [6, 6.07) is 16.0. The molecule has 4 rings (SSSR count). The number of sulfonamides is 1. The highest BCUT2D eigenvalue weighted by Crippen LogP contribution is 2.41. The van der Waals surface area contributed by atoms with Gasteiger partial charge in [-0.3, -0.25) is 4.79 Å². The Bertz CT molecular complexity index is 1710. The third kappa shape index (κ3) is 7.13. The summed E-state index contributed by atoms with van der Waals surface area (Å²) in [5.41, 5.74) is 1.98. The highest BCUT2D eigenvalue weighted by Gasteiger charge is 2.53. The summed E-state index contributed by atoms with van der Waals surface area (Å²) in [5, 5.41) is 9.81. The normalized spacial score (nSPS) is 16.6. The van der Waals surface area contributed by atoms with Crippen molar-refractivity contribution in [3.63, 3.8) is 0 Å². The Morgan fingerprint density at radius 1 is 0.978 bits per heavy atom. The zero-order chi connectivity index (χ0) is 33.2. The van der Waals surface area contributed by atoms with Crippen molar-refractivity contribution in [1.29, 1.82) is 0 Å². The number of esters is 2. The number of hydrogen-bond donors (Lipinski definition) is 2. The second kappa shape index (κ2) is 12.9. The number of ether oxygens (including phenoxy) is 3. The number of benzene rings is 3. The van der Waals surface area contributed by atoms with E-state index in [2.05, 4.69) is 0 Å². The number of hydrogen-bond acceptors (Lipinski definition) is 9. The molecule has 2 atom stereocenters. The van der Waals surface area contributed by atoms with E-state index < -0.39 is 69.3 Å². The molecule has 0 aliphatic carbocycles. The summed E-state index contributed by atoms with van der Waals surface area (Å²) in [6.07, 6.45) is -2.10. The summed E-state index contributed by atoms with van der Waals surface area (Å²) in [5.74, 6) is -5.53. The molecule has 11 nitrogen and oxygen atoms in total. The molecule has 1 aliphatic heterocycles. The van der Waals surface area contributed by atoms with E-state index in [9.17, 15) is 36.7 Å². The highest BCUT2D eigenvalue weighted by atomic mass is 32.2. The zero-order valence-electron chi connectivity index (χ0n) is 24.6. The number of aliphatic carboxylic acids is 1. The van der Waals surface area contributed by atoms with Crippen LogP contribution in [-0.2, 0) is 45.9 Å². The van der Waals surface area contributed by atoms with Gasteiger partial charge < -0.3 is 25.1 Å². The maximum absolute atomic E-state index is 14.9.